The van der Waals surface area contributed by atoms with E-state index in [1.165, 1.54) is 0 Å². The number of carbonyl (C=O) groups is 1. The highest BCUT2D eigenvalue weighted by Gasteiger charge is 2.06. The summed E-state index contributed by atoms with van der Waals surface area (Å²) in [5.41, 5.74) is 6.69. The standard InChI is InChI=1S/C10H11ClN2OS/c1-2-9(14)13-8-5-6(10(12)15)3-4-7(8)11/h3-5H,2H2,1H3,(H2,12,15)(H,13,14). The number of rotatable bonds is 3. The van der Waals surface area contributed by atoms with Crippen LogP contribution in [0.2, 0.25) is 5.02 Å². The molecule has 1 amide bonds. The number of carbonyl (C=O) groups excluding carboxylic acids is 1. The zero-order valence-corrected chi connectivity index (χ0v) is 9.78. The van der Waals surface area contributed by atoms with Gasteiger partial charge in [-0.15, -0.1) is 0 Å². The first-order chi connectivity index (χ1) is 7.04. The lowest BCUT2D eigenvalue weighted by Gasteiger charge is -2.07. The molecular weight excluding hydrogens is 232 g/mol. The Kier molecular flexibility index (Phi) is 4.05. The highest BCUT2D eigenvalue weighted by molar-refractivity contribution is 7.80. The van der Waals surface area contributed by atoms with E-state index >= 15 is 0 Å². The van der Waals surface area contributed by atoms with Crippen LogP contribution < -0.4 is 11.1 Å². The summed E-state index contributed by atoms with van der Waals surface area (Å²) in [6, 6.07) is 5.03. The third-order valence-corrected chi connectivity index (χ3v) is 2.41. The van der Waals surface area contributed by atoms with Gasteiger partial charge >= 0.3 is 0 Å². The van der Waals surface area contributed by atoms with E-state index in [0.717, 1.165) is 0 Å². The molecule has 0 unspecified atom stereocenters. The molecule has 0 spiro atoms. The van der Waals surface area contributed by atoms with Gasteiger partial charge in [-0.3, -0.25) is 4.79 Å². The third-order valence-electron chi connectivity index (χ3n) is 1.85. The SMILES string of the molecule is CCC(=O)Nc1cc(C(N)=S)ccc1Cl. The van der Waals surface area contributed by atoms with Crippen LogP contribution in [0.1, 0.15) is 18.9 Å². The fourth-order valence-electron chi connectivity index (χ4n) is 1.01. The zero-order chi connectivity index (χ0) is 11.4. The third kappa shape index (κ3) is 3.18. The zero-order valence-electron chi connectivity index (χ0n) is 8.21. The van der Waals surface area contributed by atoms with Gasteiger partial charge in [-0.25, -0.2) is 0 Å². The van der Waals surface area contributed by atoms with Gasteiger partial charge in [0.15, 0.2) is 0 Å². The van der Waals surface area contributed by atoms with Crippen LogP contribution in [0, 0.1) is 0 Å². The number of halogens is 1. The van der Waals surface area contributed by atoms with Crippen LogP contribution in [0.5, 0.6) is 0 Å². The van der Waals surface area contributed by atoms with Crippen molar-refractivity contribution in [2.45, 2.75) is 13.3 Å². The van der Waals surface area contributed by atoms with Crippen LogP contribution in [0.15, 0.2) is 18.2 Å². The van der Waals surface area contributed by atoms with E-state index in [2.05, 4.69) is 5.32 Å². The fraction of sp³-hybridized carbons (Fsp3) is 0.200. The molecule has 0 atom stereocenters. The van der Waals surface area contributed by atoms with Gasteiger partial charge in [0.2, 0.25) is 5.91 Å². The number of anilines is 1. The van der Waals surface area contributed by atoms with Gasteiger partial charge in [-0.05, 0) is 12.1 Å². The lowest BCUT2D eigenvalue weighted by molar-refractivity contribution is -0.115. The normalized spacial score (nSPS) is 9.73. The van der Waals surface area contributed by atoms with E-state index in [-0.39, 0.29) is 10.9 Å². The summed E-state index contributed by atoms with van der Waals surface area (Å²) >= 11 is 10.7. The van der Waals surface area contributed by atoms with E-state index < -0.39 is 0 Å². The fourth-order valence-corrected chi connectivity index (χ4v) is 1.30. The average Bonchev–Trinajstić information content (AvgIpc) is 2.20. The van der Waals surface area contributed by atoms with Crippen molar-refractivity contribution in [1.82, 2.24) is 0 Å². The predicted molar refractivity (Wildman–Crippen MR) is 66.3 cm³/mol. The molecule has 0 aromatic heterocycles. The van der Waals surface area contributed by atoms with Crippen LogP contribution in [0.25, 0.3) is 0 Å². The Morgan fingerprint density at radius 1 is 1.60 bits per heavy atom. The van der Waals surface area contributed by atoms with E-state index in [0.29, 0.717) is 22.7 Å². The van der Waals surface area contributed by atoms with Crippen LogP contribution in [0.4, 0.5) is 5.69 Å². The monoisotopic (exact) mass is 242 g/mol. The van der Waals surface area contributed by atoms with Crippen LogP contribution >= 0.6 is 23.8 Å². The first-order valence-electron chi connectivity index (χ1n) is 4.43. The maximum Gasteiger partial charge on any atom is 0.224 e. The van der Waals surface area contributed by atoms with E-state index in [1.807, 2.05) is 0 Å². The minimum absolute atomic E-state index is 0.100. The number of benzene rings is 1. The van der Waals surface area contributed by atoms with E-state index in [9.17, 15) is 4.79 Å². The summed E-state index contributed by atoms with van der Waals surface area (Å²) in [7, 11) is 0. The Morgan fingerprint density at radius 3 is 2.80 bits per heavy atom. The van der Waals surface area contributed by atoms with Crippen molar-refractivity contribution in [1.29, 1.82) is 0 Å². The minimum Gasteiger partial charge on any atom is -0.389 e. The maximum absolute atomic E-state index is 11.2. The van der Waals surface area contributed by atoms with Gasteiger partial charge in [-0.1, -0.05) is 36.8 Å². The van der Waals surface area contributed by atoms with Crippen molar-refractivity contribution in [3.05, 3.63) is 28.8 Å². The summed E-state index contributed by atoms with van der Waals surface area (Å²) in [4.78, 5) is 11.5. The van der Waals surface area contributed by atoms with E-state index in [1.54, 1.807) is 25.1 Å². The van der Waals surface area contributed by atoms with Crippen molar-refractivity contribution in [2.75, 3.05) is 5.32 Å². The molecule has 15 heavy (non-hydrogen) atoms. The molecule has 0 bridgehead atoms. The Labute approximate surface area is 98.6 Å². The maximum atomic E-state index is 11.2. The van der Waals surface area contributed by atoms with Crippen molar-refractivity contribution in [2.24, 2.45) is 5.73 Å². The Hall–Kier alpha value is -1.13. The number of hydrogen-bond donors (Lipinski definition) is 2. The van der Waals surface area contributed by atoms with E-state index in [4.69, 9.17) is 29.6 Å². The van der Waals surface area contributed by atoms with Crippen LogP contribution in [0.3, 0.4) is 0 Å². The number of amides is 1. The molecule has 0 aliphatic rings. The molecule has 0 heterocycles. The largest absolute Gasteiger partial charge is 0.389 e. The molecule has 0 saturated carbocycles. The van der Waals surface area contributed by atoms with Crippen molar-refractivity contribution >= 4 is 40.4 Å². The molecule has 3 nitrogen and oxygen atoms in total. The number of hydrogen-bond acceptors (Lipinski definition) is 2. The molecule has 80 valence electrons. The minimum atomic E-state index is -0.100. The summed E-state index contributed by atoms with van der Waals surface area (Å²) in [6.45, 7) is 1.76. The molecule has 1 aromatic carbocycles. The second kappa shape index (κ2) is 5.09. The molecule has 1 aromatic rings. The van der Waals surface area contributed by atoms with Gasteiger partial charge in [0.05, 0.1) is 10.7 Å². The number of nitrogens with one attached hydrogen (secondary N) is 1. The Bertz CT molecular complexity index is 406. The topological polar surface area (TPSA) is 55.1 Å². The predicted octanol–water partition coefficient (Wildman–Crippen LogP) is 2.32. The molecule has 3 N–H and O–H groups in total. The lowest BCUT2D eigenvalue weighted by atomic mass is 10.2. The summed E-state index contributed by atoms with van der Waals surface area (Å²) < 4.78 is 0. The number of thiocarbonyl (C=S) groups is 1. The second-order valence-electron chi connectivity index (χ2n) is 2.96. The van der Waals surface area contributed by atoms with Gasteiger partial charge < -0.3 is 11.1 Å². The first-order valence-corrected chi connectivity index (χ1v) is 5.22. The summed E-state index contributed by atoms with van der Waals surface area (Å²) in [5, 5.41) is 3.14. The molecular formula is C10H11ClN2OS. The quantitative estimate of drug-likeness (QED) is 0.800. The average molecular weight is 243 g/mol. The highest BCUT2D eigenvalue weighted by Crippen LogP contribution is 2.23. The van der Waals surface area contributed by atoms with Gasteiger partial charge in [-0.2, -0.15) is 0 Å². The molecule has 0 radical (unpaired) electrons. The van der Waals surface area contributed by atoms with Gasteiger partial charge in [0, 0.05) is 12.0 Å². The highest BCUT2D eigenvalue weighted by atomic mass is 35.5. The van der Waals surface area contributed by atoms with Crippen molar-refractivity contribution < 1.29 is 4.79 Å². The summed E-state index contributed by atoms with van der Waals surface area (Å²) in [5.74, 6) is -0.100. The van der Waals surface area contributed by atoms with Crippen molar-refractivity contribution in [3.63, 3.8) is 0 Å². The van der Waals surface area contributed by atoms with Gasteiger partial charge in [0.1, 0.15) is 4.99 Å². The molecule has 0 saturated heterocycles. The molecule has 0 aliphatic heterocycles. The van der Waals surface area contributed by atoms with Crippen LogP contribution in [-0.2, 0) is 4.79 Å². The Balaban J connectivity index is 3.00. The molecule has 0 aliphatic carbocycles. The first kappa shape index (κ1) is 11.9. The number of nitrogens with two attached hydrogens (primary N) is 1. The molecule has 0 fully saturated rings. The van der Waals surface area contributed by atoms with Crippen molar-refractivity contribution in [3.8, 4) is 0 Å². The lowest BCUT2D eigenvalue weighted by Crippen LogP contribution is -2.13. The molecule has 1 rings (SSSR count). The summed E-state index contributed by atoms with van der Waals surface area (Å²) in [6.07, 6.45) is 0.396. The smallest absolute Gasteiger partial charge is 0.224 e. The molecule has 5 heteroatoms. The Morgan fingerprint density at radius 2 is 2.27 bits per heavy atom. The second-order valence-corrected chi connectivity index (χ2v) is 3.81. The van der Waals surface area contributed by atoms with Gasteiger partial charge in [0.25, 0.3) is 0 Å². The van der Waals surface area contributed by atoms with Crippen LogP contribution in [-0.4, -0.2) is 10.9 Å².